The minimum absolute atomic E-state index is 0. The topological polar surface area (TPSA) is 119 Å². The van der Waals surface area contributed by atoms with Gasteiger partial charge >= 0.3 is 0 Å². The second-order valence-electron chi connectivity index (χ2n) is 7.62. The molecule has 2 aromatic heterocycles. The predicted molar refractivity (Wildman–Crippen MR) is 101 cm³/mol. The van der Waals surface area contributed by atoms with Crippen molar-refractivity contribution in [1.29, 1.82) is 0 Å². The molecule has 1 aliphatic carbocycles. The van der Waals surface area contributed by atoms with E-state index >= 15 is 0 Å². The first kappa shape index (κ1) is 18.6. The van der Waals surface area contributed by atoms with E-state index in [2.05, 4.69) is 10.1 Å². The molecule has 2 aliphatic heterocycles. The molecular weight excluding hydrogens is 392 g/mol. The summed E-state index contributed by atoms with van der Waals surface area (Å²) in [5, 5.41) is 4.08. The molecule has 0 aromatic carbocycles. The zero-order chi connectivity index (χ0) is 18.2. The van der Waals surface area contributed by atoms with E-state index in [0.717, 1.165) is 30.5 Å². The molecular formula is C17H21ClN4O4S. The van der Waals surface area contributed by atoms with Crippen molar-refractivity contribution in [2.75, 3.05) is 18.8 Å². The smallest absolute Gasteiger partial charge is 0.259 e. The van der Waals surface area contributed by atoms with Gasteiger partial charge in [-0.1, -0.05) is 5.16 Å². The van der Waals surface area contributed by atoms with E-state index in [0.29, 0.717) is 28.9 Å². The minimum Gasteiger partial charge on any atom is -0.337 e. The fourth-order valence-electron chi connectivity index (χ4n) is 4.78. The van der Waals surface area contributed by atoms with Crippen LogP contribution in [-0.2, 0) is 22.7 Å². The molecule has 0 spiro atoms. The molecule has 0 saturated carbocycles. The number of nitrogens with zero attached hydrogens (tertiary/aromatic N) is 3. The molecule has 5 rings (SSSR count). The summed E-state index contributed by atoms with van der Waals surface area (Å²) in [4.78, 5) is 19.6. The number of halogens is 1. The van der Waals surface area contributed by atoms with Crippen molar-refractivity contribution < 1.29 is 17.7 Å². The molecule has 3 atom stereocenters. The molecule has 4 heterocycles. The van der Waals surface area contributed by atoms with Crippen LogP contribution in [0.15, 0.2) is 4.52 Å². The van der Waals surface area contributed by atoms with Crippen LogP contribution in [0.2, 0.25) is 0 Å². The van der Waals surface area contributed by atoms with Crippen LogP contribution in [0.5, 0.6) is 0 Å². The summed E-state index contributed by atoms with van der Waals surface area (Å²) in [6.45, 7) is 2.39. The fourth-order valence-corrected chi connectivity index (χ4v) is 7.04. The van der Waals surface area contributed by atoms with Gasteiger partial charge in [-0.3, -0.25) is 4.79 Å². The highest BCUT2D eigenvalue weighted by atomic mass is 35.5. The lowest BCUT2D eigenvalue weighted by Crippen LogP contribution is -2.36. The number of carbonyl (C=O) groups excluding carboxylic acids is 1. The molecule has 0 bridgehead atoms. The third-order valence-electron chi connectivity index (χ3n) is 6.07. The van der Waals surface area contributed by atoms with Gasteiger partial charge in [0.15, 0.2) is 9.84 Å². The number of pyridine rings is 1. The van der Waals surface area contributed by atoms with E-state index in [-0.39, 0.29) is 36.5 Å². The molecule has 8 nitrogen and oxygen atoms in total. The van der Waals surface area contributed by atoms with Crippen molar-refractivity contribution in [2.24, 2.45) is 11.7 Å². The van der Waals surface area contributed by atoms with Crippen LogP contribution < -0.4 is 5.73 Å². The Hall–Kier alpha value is -1.71. The van der Waals surface area contributed by atoms with Gasteiger partial charge in [0.05, 0.1) is 27.6 Å². The van der Waals surface area contributed by atoms with Crippen LogP contribution in [0.25, 0.3) is 11.1 Å². The van der Waals surface area contributed by atoms with Crippen LogP contribution in [0.3, 0.4) is 0 Å². The van der Waals surface area contributed by atoms with Crippen LogP contribution in [0.1, 0.15) is 33.7 Å². The molecule has 2 saturated heterocycles. The lowest BCUT2D eigenvalue weighted by molar-refractivity contribution is 0.0786. The summed E-state index contributed by atoms with van der Waals surface area (Å²) < 4.78 is 29.9. The molecule has 2 fully saturated rings. The highest BCUT2D eigenvalue weighted by Gasteiger charge is 2.52. The number of aryl methyl sites for hydroxylation is 2. The second-order valence-corrected chi connectivity index (χ2v) is 9.88. The van der Waals surface area contributed by atoms with E-state index in [1.807, 2.05) is 0 Å². The van der Waals surface area contributed by atoms with Crippen molar-refractivity contribution in [3.05, 3.63) is 22.5 Å². The van der Waals surface area contributed by atoms with Crippen molar-refractivity contribution in [3.63, 3.8) is 0 Å². The number of hydrogen-bond donors (Lipinski definition) is 1. The molecule has 10 heteroatoms. The SMILES string of the molecule is Cc1noc2nc3c(c(C(=O)N4C[C@H]5[C@H](N)CS(=O)(=O)[C@H]5C4)c12)CCC3.Cl. The van der Waals surface area contributed by atoms with Crippen LogP contribution in [0, 0.1) is 12.8 Å². The van der Waals surface area contributed by atoms with Gasteiger partial charge in [-0.05, 0) is 31.7 Å². The Balaban J connectivity index is 0.00000180. The second kappa shape index (κ2) is 6.15. The molecule has 0 radical (unpaired) electrons. The van der Waals surface area contributed by atoms with Gasteiger partial charge in [0.1, 0.15) is 0 Å². The Morgan fingerprint density at radius 2 is 2.07 bits per heavy atom. The molecule has 3 aliphatic rings. The maximum Gasteiger partial charge on any atom is 0.259 e. The first-order chi connectivity index (χ1) is 12.4. The molecule has 2 aromatic rings. The number of fused-ring (bicyclic) bond motifs is 3. The van der Waals surface area contributed by atoms with Crippen molar-refractivity contribution in [3.8, 4) is 0 Å². The van der Waals surface area contributed by atoms with E-state index in [1.54, 1.807) is 11.8 Å². The number of sulfone groups is 1. The average Bonchev–Trinajstić information content (AvgIpc) is 3.32. The maximum absolute atomic E-state index is 13.4. The summed E-state index contributed by atoms with van der Waals surface area (Å²) in [7, 11) is -3.24. The van der Waals surface area contributed by atoms with Crippen LogP contribution in [0.4, 0.5) is 0 Å². The average molecular weight is 413 g/mol. The van der Waals surface area contributed by atoms with E-state index in [1.165, 1.54) is 0 Å². The third kappa shape index (κ3) is 2.59. The predicted octanol–water partition coefficient (Wildman–Crippen LogP) is 0.638. The Kier molecular flexibility index (Phi) is 4.25. The Morgan fingerprint density at radius 1 is 1.30 bits per heavy atom. The molecule has 1 amide bonds. The van der Waals surface area contributed by atoms with Gasteiger partial charge in [0.25, 0.3) is 11.6 Å². The standard InChI is InChI=1S/C17H20N4O4S.ClH/c1-8-14-15(9-3-2-4-12(9)19-16(14)25-20-8)17(22)21-5-10-11(18)7-26(23,24)13(10)6-21;/h10-11,13H,2-7,18H2,1H3;1H/t10-,11+,13-;/m0./s1. The number of likely N-dealkylation sites (tertiary alicyclic amines) is 1. The number of aromatic nitrogens is 2. The summed E-state index contributed by atoms with van der Waals surface area (Å²) in [5.74, 6) is -0.319. The first-order valence-corrected chi connectivity index (χ1v) is 10.6. The van der Waals surface area contributed by atoms with Crippen molar-refractivity contribution in [1.82, 2.24) is 15.0 Å². The van der Waals surface area contributed by atoms with Gasteiger partial charge in [-0.2, -0.15) is 0 Å². The van der Waals surface area contributed by atoms with E-state index < -0.39 is 21.1 Å². The molecule has 2 N–H and O–H groups in total. The summed E-state index contributed by atoms with van der Waals surface area (Å²) in [6, 6.07) is -0.400. The molecule has 146 valence electrons. The zero-order valence-corrected chi connectivity index (χ0v) is 16.5. The maximum atomic E-state index is 13.4. The van der Waals surface area contributed by atoms with Gasteiger partial charge in [-0.15, -0.1) is 12.4 Å². The highest BCUT2D eigenvalue weighted by molar-refractivity contribution is 7.92. The van der Waals surface area contributed by atoms with Crippen molar-refractivity contribution in [2.45, 2.75) is 37.5 Å². The van der Waals surface area contributed by atoms with Crippen LogP contribution >= 0.6 is 12.4 Å². The Bertz CT molecular complexity index is 1050. The number of rotatable bonds is 1. The Labute approximate surface area is 162 Å². The highest BCUT2D eigenvalue weighted by Crippen LogP contribution is 2.37. The van der Waals surface area contributed by atoms with E-state index in [4.69, 9.17) is 10.3 Å². The van der Waals surface area contributed by atoms with E-state index in [9.17, 15) is 13.2 Å². The summed E-state index contributed by atoms with van der Waals surface area (Å²) in [6.07, 6.45) is 2.56. The Morgan fingerprint density at radius 3 is 2.81 bits per heavy atom. The van der Waals surface area contributed by atoms with Gasteiger partial charge in [0.2, 0.25) is 0 Å². The lowest BCUT2D eigenvalue weighted by Gasteiger charge is -2.20. The van der Waals surface area contributed by atoms with Crippen LogP contribution in [-0.4, -0.2) is 59.5 Å². The van der Waals surface area contributed by atoms with Gasteiger partial charge in [-0.25, -0.2) is 13.4 Å². The zero-order valence-electron chi connectivity index (χ0n) is 14.8. The summed E-state index contributed by atoms with van der Waals surface area (Å²) in [5.41, 5.74) is 9.49. The van der Waals surface area contributed by atoms with Gasteiger partial charge in [0, 0.05) is 30.7 Å². The third-order valence-corrected chi connectivity index (χ3v) is 8.34. The number of carbonyl (C=O) groups is 1. The number of amides is 1. The normalized spacial score (nSPS) is 28.2. The number of hydrogen-bond acceptors (Lipinski definition) is 7. The van der Waals surface area contributed by atoms with Gasteiger partial charge < -0.3 is 15.2 Å². The largest absolute Gasteiger partial charge is 0.337 e. The molecule has 27 heavy (non-hydrogen) atoms. The number of nitrogens with two attached hydrogens (primary N) is 1. The van der Waals surface area contributed by atoms with Crippen molar-refractivity contribution >= 4 is 39.3 Å². The molecule has 0 unspecified atom stereocenters. The quantitative estimate of drug-likeness (QED) is 0.729. The summed E-state index contributed by atoms with van der Waals surface area (Å²) >= 11 is 0. The minimum atomic E-state index is -3.24. The first-order valence-electron chi connectivity index (χ1n) is 8.91. The fraction of sp³-hybridized carbons (Fsp3) is 0.588. The monoisotopic (exact) mass is 412 g/mol. The lowest BCUT2D eigenvalue weighted by atomic mass is 10.0.